The summed E-state index contributed by atoms with van der Waals surface area (Å²) in [6.07, 6.45) is 10.8. The Morgan fingerprint density at radius 2 is 1.67 bits per heavy atom. The Kier molecular flexibility index (Phi) is 14.5. The molecular weight excluding hydrogens is 613 g/mol. The monoisotopic (exact) mass is 675 g/mol. The van der Waals surface area contributed by atoms with Gasteiger partial charge in [0.25, 0.3) is 5.91 Å². The van der Waals surface area contributed by atoms with Crippen LogP contribution in [0.3, 0.4) is 0 Å². The van der Waals surface area contributed by atoms with E-state index in [1.54, 1.807) is 0 Å². The zero-order chi connectivity index (χ0) is 35.5. The van der Waals surface area contributed by atoms with Crippen molar-refractivity contribution in [2.24, 2.45) is 5.92 Å². The third-order valence-corrected chi connectivity index (χ3v) is 10.5. The lowest BCUT2D eigenvalue weighted by molar-refractivity contribution is -0.107. The molecule has 1 unspecified atom stereocenters. The lowest BCUT2D eigenvalue weighted by Crippen LogP contribution is -2.49. The molecule has 2 aliphatic rings. The van der Waals surface area contributed by atoms with Crippen molar-refractivity contribution in [3.63, 3.8) is 0 Å². The number of allylic oxidation sites excluding steroid dienone is 2. The Balaban J connectivity index is 1.33. The van der Waals surface area contributed by atoms with Crippen LogP contribution in [0.25, 0.3) is 5.57 Å². The lowest BCUT2D eigenvalue weighted by atomic mass is 9.92. The van der Waals surface area contributed by atoms with E-state index in [1.165, 1.54) is 11.8 Å². The number of nitrogens with zero attached hydrogens (tertiary/aromatic N) is 5. The molecule has 2 fully saturated rings. The lowest BCUT2D eigenvalue weighted by Gasteiger charge is -2.40. The van der Waals surface area contributed by atoms with Gasteiger partial charge in [-0.2, -0.15) is 0 Å². The number of aryl methyl sites for hydroxylation is 1. The zero-order valence-corrected chi connectivity index (χ0v) is 31.4. The van der Waals surface area contributed by atoms with Crippen molar-refractivity contribution in [2.75, 3.05) is 74.1 Å². The average Bonchev–Trinajstić information content (AvgIpc) is 3.09. The van der Waals surface area contributed by atoms with Gasteiger partial charge in [-0.25, -0.2) is 4.39 Å². The molecule has 0 aromatic heterocycles. The first-order chi connectivity index (χ1) is 23.6. The average molecular weight is 676 g/mol. The van der Waals surface area contributed by atoms with Gasteiger partial charge in [0, 0.05) is 82.3 Å². The molecule has 2 aliphatic heterocycles. The number of benzene rings is 2. The second-order valence-corrected chi connectivity index (χ2v) is 14.3. The smallest absolute Gasteiger partial charge is 0.253 e. The third-order valence-electron chi connectivity index (χ3n) is 10.5. The van der Waals surface area contributed by atoms with E-state index in [-0.39, 0.29) is 17.8 Å². The summed E-state index contributed by atoms with van der Waals surface area (Å²) in [5, 5.41) is 0. The maximum absolute atomic E-state index is 15.4. The van der Waals surface area contributed by atoms with Gasteiger partial charge in [0.2, 0.25) is 6.41 Å². The fraction of sp³-hybridized carbons (Fsp3) is 0.610. The van der Waals surface area contributed by atoms with Gasteiger partial charge in [0.1, 0.15) is 5.82 Å². The molecule has 270 valence electrons. The van der Waals surface area contributed by atoms with Crippen molar-refractivity contribution in [3.05, 3.63) is 58.9 Å². The van der Waals surface area contributed by atoms with Crippen LogP contribution in [0, 0.1) is 18.7 Å². The van der Waals surface area contributed by atoms with Gasteiger partial charge in [0.05, 0.1) is 11.4 Å². The summed E-state index contributed by atoms with van der Waals surface area (Å²) in [5.41, 5.74) is 6.33. The van der Waals surface area contributed by atoms with Gasteiger partial charge >= 0.3 is 0 Å². The number of likely N-dealkylation sites (tertiary alicyclic amines) is 1. The van der Waals surface area contributed by atoms with Crippen LogP contribution in [0.5, 0.6) is 0 Å². The second-order valence-electron chi connectivity index (χ2n) is 14.3. The molecule has 2 heterocycles. The van der Waals surface area contributed by atoms with Crippen LogP contribution in [0.15, 0.2) is 36.4 Å². The van der Waals surface area contributed by atoms with E-state index in [1.807, 2.05) is 22.8 Å². The number of carbonyl (C=O) groups is 2. The largest absolute Gasteiger partial charge is 0.373 e. The van der Waals surface area contributed by atoms with Crippen LogP contribution in [-0.4, -0.2) is 87.6 Å². The molecule has 1 atom stereocenters. The van der Waals surface area contributed by atoms with Gasteiger partial charge in [0.15, 0.2) is 0 Å². The van der Waals surface area contributed by atoms with E-state index in [2.05, 4.69) is 80.6 Å². The summed E-state index contributed by atoms with van der Waals surface area (Å²) in [4.78, 5) is 36.8. The van der Waals surface area contributed by atoms with Crippen LogP contribution in [-0.2, 0) is 4.79 Å². The molecule has 0 aliphatic carbocycles. The summed E-state index contributed by atoms with van der Waals surface area (Å²) in [5.74, 6) is 0.221. The second kappa shape index (κ2) is 18.6. The minimum atomic E-state index is -0.282. The van der Waals surface area contributed by atoms with Crippen molar-refractivity contribution in [2.45, 2.75) is 99.0 Å². The molecule has 7 nitrogen and oxygen atoms in total. The summed E-state index contributed by atoms with van der Waals surface area (Å²) >= 11 is 0. The summed E-state index contributed by atoms with van der Waals surface area (Å²) < 4.78 is 15.4. The molecular formula is C41H62FN5O2. The quantitative estimate of drug-likeness (QED) is 0.167. The zero-order valence-electron chi connectivity index (χ0n) is 31.4. The summed E-state index contributed by atoms with van der Waals surface area (Å²) in [6.45, 7) is 20.0. The van der Waals surface area contributed by atoms with E-state index >= 15 is 4.39 Å². The van der Waals surface area contributed by atoms with Crippen molar-refractivity contribution in [3.8, 4) is 0 Å². The van der Waals surface area contributed by atoms with E-state index < -0.39 is 0 Å². The number of amides is 2. The minimum absolute atomic E-state index is 0.0526. The Morgan fingerprint density at radius 1 is 0.959 bits per heavy atom. The number of piperazine rings is 1. The maximum atomic E-state index is 15.4. The van der Waals surface area contributed by atoms with Crippen LogP contribution >= 0.6 is 0 Å². The molecule has 4 rings (SSSR count). The Hall–Kier alpha value is -3.39. The molecule has 0 bridgehead atoms. The predicted octanol–water partition coefficient (Wildman–Crippen LogP) is 8.40. The normalized spacial score (nSPS) is 16.9. The molecule has 2 saturated heterocycles. The van der Waals surface area contributed by atoms with Crippen molar-refractivity contribution in [1.82, 2.24) is 9.80 Å². The number of hydrogen-bond acceptors (Lipinski definition) is 5. The summed E-state index contributed by atoms with van der Waals surface area (Å²) in [6, 6.07) is 10.1. The highest BCUT2D eigenvalue weighted by atomic mass is 19.1. The van der Waals surface area contributed by atoms with E-state index in [9.17, 15) is 9.59 Å². The van der Waals surface area contributed by atoms with E-state index in [0.29, 0.717) is 17.0 Å². The number of carbonyl (C=O) groups excluding carboxylic acids is 2. The highest BCUT2D eigenvalue weighted by Crippen LogP contribution is 2.35. The fourth-order valence-electron chi connectivity index (χ4n) is 7.82. The molecule has 2 aromatic carbocycles. The van der Waals surface area contributed by atoms with Crippen LogP contribution in [0.2, 0.25) is 0 Å². The molecule has 2 aromatic rings. The molecule has 49 heavy (non-hydrogen) atoms. The Morgan fingerprint density at radius 3 is 2.27 bits per heavy atom. The van der Waals surface area contributed by atoms with Gasteiger partial charge in [-0.3, -0.25) is 14.5 Å². The standard InChI is InChI=1S/C41H62FN5O2/c1-8-12-32(6)47(30-48)38-16-15-36(28-39(38)43(7)19-11-4)45-24-22-44(23-25-45)29-33-17-20-46(21-18-33)41(49)35-26-31(5)40(37(42)27-35)34(13-9-2)14-10-3/h13,15-16,26-28,30,32-33H,8-12,14,17-25,29H2,1-7H3/b34-13+. The van der Waals surface area contributed by atoms with Gasteiger partial charge in [-0.05, 0) is 99.8 Å². The number of anilines is 3. The number of piperidine rings is 1. The SMILES string of the molecule is CC/C=C(\CCC)c1c(C)cc(C(=O)N2CCC(CN3CCN(c4ccc(N(C=O)C(C)CCC)c(N(C)CCC)c4)CC3)CC2)cc1F. The highest BCUT2D eigenvalue weighted by molar-refractivity contribution is 5.95. The predicted molar refractivity (Wildman–Crippen MR) is 205 cm³/mol. The van der Waals surface area contributed by atoms with Crippen molar-refractivity contribution in [1.29, 1.82) is 0 Å². The molecule has 0 spiro atoms. The molecule has 8 heteroatoms. The van der Waals surface area contributed by atoms with Crippen molar-refractivity contribution < 1.29 is 14.0 Å². The first-order valence-corrected chi connectivity index (χ1v) is 19.0. The fourth-order valence-corrected chi connectivity index (χ4v) is 7.82. The van der Waals surface area contributed by atoms with Crippen LogP contribution in [0.4, 0.5) is 21.5 Å². The van der Waals surface area contributed by atoms with E-state index in [4.69, 9.17) is 0 Å². The van der Waals surface area contributed by atoms with Crippen LogP contribution in [0.1, 0.15) is 107 Å². The topological polar surface area (TPSA) is 50.3 Å². The minimum Gasteiger partial charge on any atom is -0.373 e. The van der Waals surface area contributed by atoms with Gasteiger partial charge in [-0.15, -0.1) is 0 Å². The first kappa shape index (κ1) is 38.4. The molecule has 2 amide bonds. The molecule has 0 radical (unpaired) electrons. The number of hydrogen-bond donors (Lipinski definition) is 0. The van der Waals surface area contributed by atoms with Gasteiger partial charge in [-0.1, -0.05) is 46.6 Å². The van der Waals surface area contributed by atoms with Crippen molar-refractivity contribution >= 4 is 35.0 Å². The van der Waals surface area contributed by atoms with Gasteiger partial charge < -0.3 is 19.6 Å². The first-order valence-electron chi connectivity index (χ1n) is 19.0. The summed E-state index contributed by atoms with van der Waals surface area (Å²) in [7, 11) is 2.13. The van der Waals surface area contributed by atoms with E-state index in [0.717, 1.165) is 133 Å². The third kappa shape index (κ3) is 9.65. The number of halogens is 1. The highest BCUT2D eigenvalue weighted by Gasteiger charge is 2.28. The molecule has 0 saturated carbocycles. The Bertz CT molecular complexity index is 1390. The number of rotatable bonds is 16. The maximum Gasteiger partial charge on any atom is 0.253 e. The van der Waals surface area contributed by atoms with Crippen LogP contribution < -0.4 is 14.7 Å². The Labute approximate surface area is 296 Å². The molecule has 0 N–H and O–H groups in total.